The van der Waals surface area contributed by atoms with E-state index in [1.165, 1.54) is 11.3 Å². The maximum absolute atomic E-state index is 5.38. The molecule has 1 N–H and O–H groups in total. The Morgan fingerprint density at radius 3 is 2.22 bits per heavy atom. The Balaban J connectivity index is 2.37. The lowest BCUT2D eigenvalue weighted by Crippen LogP contribution is -2.42. The minimum absolute atomic E-state index is 0.815. The SMILES string of the molecule is CO[Si](CCCNc1ccccc1C)(OC)OC. The fraction of sp³-hybridized carbons (Fsp3) is 0.538. The Morgan fingerprint density at radius 1 is 1.06 bits per heavy atom. The third-order valence-corrected chi connectivity index (χ3v) is 5.89. The summed E-state index contributed by atoms with van der Waals surface area (Å²) in [4.78, 5) is 0. The lowest BCUT2D eigenvalue weighted by atomic mass is 10.2. The molecular formula is C13H23NO3Si. The van der Waals surface area contributed by atoms with E-state index in [9.17, 15) is 0 Å². The van der Waals surface area contributed by atoms with Gasteiger partial charge in [0.25, 0.3) is 0 Å². The molecule has 0 unspecified atom stereocenters. The van der Waals surface area contributed by atoms with Gasteiger partial charge in [-0.15, -0.1) is 0 Å². The third-order valence-electron chi connectivity index (χ3n) is 3.05. The molecule has 0 aliphatic rings. The average molecular weight is 269 g/mol. The average Bonchev–Trinajstić information content (AvgIpc) is 2.42. The van der Waals surface area contributed by atoms with Crippen molar-refractivity contribution >= 4 is 14.5 Å². The van der Waals surface area contributed by atoms with Gasteiger partial charge in [0.1, 0.15) is 0 Å². The van der Waals surface area contributed by atoms with Crippen LogP contribution in [0.3, 0.4) is 0 Å². The van der Waals surface area contributed by atoms with Gasteiger partial charge < -0.3 is 18.6 Å². The Bertz CT molecular complexity index is 348. The lowest BCUT2D eigenvalue weighted by Gasteiger charge is -2.24. The maximum Gasteiger partial charge on any atom is 0.500 e. The summed E-state index contributed by atoms with van der Waals surface area (Å²) in [6, 6.07) is 9.08. The van der Waals surface area contributed by atoms with Crippen LogP contribution >= 0.6 is 0 Å². The third kappa shape index (κ3) is 4.10. The first-order valence-corrected chi connectivity index (χ1v) is 8.05. The second-order valence-electron chi connectivity index (χ2n) is 4.14. The van der Waals surface area contributed by atoms with Crippen LogP contribution < -0.4 is 5.32 Å². The molecule has 0 heterocycles. The van der Waals surface area contributed by atoms with E-state index in [0.717, 1.165) is 19.0 Å². The van der Waals surface area contributed by atoms with Crippen molar-refractivity contribution in [1.29, 1.82) is 0 Å². The highest BCUT2D eigenvalue weighted by Gasteiger charge is 2.36. The molecule has 0 amide bonds. The van der Waals surface area contributed by atoms with Crippen molar-refractivity contribution in [1.82, 2.24) is 0 Å². The standard InChI is InChI=1S/C13H23NO3Si/c1-12-8-5-6-9-13(12)14-10-7-11-18(15-2,16-3)17-4/h5-6,8-9,14H,7,10-11H2,1-4H3. The van der Waals surface area contributed by atoms with Gasteiger partial charge in [0.15, 0.2) is 0 Å². The van der Waals surface area contributed by atoms with Gasteiger partial charge in [-0.3, -0.25) is 0 Å². The molecule has 1 aromatic carbocycles. The lowest BCUT2D eigenvalue weighted by molar-refractivity contribution is 0.123. The first kappa shape index (κ1) is 15.2. The van der Waals surface area contributed by atoms with Crippen molar-refractivity contribution in [3.63, 3.8) is 0 Å². The van der Waals surface area contributed by atoms with Crippen LogP contribution in [0.1, 0.15) is 12.0 Å². The van der Waals surface area contributed by atoms with Gasteiger partial charge in [-0.2, -0.15) is 0 Å². The molecule has 0 radical (unpaired) electrons. The molecule has 0 saturated heterocycles. The van der Waals surface area contributed by atoms with E-state index in [1.54, 1.807) is 21.3 Å². The Kier molecular flexibility index (Phi) is 6.35. The van der Waals surface area contributed by atoms with Gasteiger partial charge in [-0.05, 0) is 25.0 Å². The van der Waals surface area contributed by atoms with E-state index >= 15 is 0 Å². The van der Waals surface area contributed by atoms with Gasteiger partial charge >= 0.3 is 8.80 Å². The number of rotatable bonds is 8. The maximum atomic E-state index is 5.38. The Hall–Kier alpha value is -0.883. The summed E-state index contributed by atoms with van der Waals surface area (Å²) in [5.41, 5.74) is 2.43. The minimum Gasteiger partial charge on any atom is -0.385 e. The van der Waals surface area contributed by atoms with E-state index in [1.807, 2.05) is 12.1 Å². The highest BCUT2D eigenvalue weighted by Crippen LogP contribution is 2.17. The number of hydrogen-bond acceptors (Lipinski definition) is 4. The highest BCUT2D eigenvalue weighted by atomic mass is 28.4. The summed E-state index contributed by atoms with van der Waals surface area (Å²) >= 11 is 0. The number of benzene rings is 1. The van der Waals surface area contributed by atoms with E-state index in [-0.39, 0.29) is 0 Å². The molecule has 18 heavy (non-hydrogen) atoms. The zero-order valence-electron chi connectivity index (χ0n) is 11.7. The van der Waals surface area contributed by atoms with Crippen LogP contribution in [0.25, 0.3) is 0 Å². The van der Waals surface area contributed by atoms with Crippen molar-refractivity contribution in [2.75, 3.05) is 33.2 Å². The molecule has 0 aliphatic carbocycles. The van der Waals surface area contributed by atoms with Crippen LogP contribution in [0.15, 0.2) is 24.3 Å². The fourth-order valence-corrected chi connectivity index (χ4v) is 3.58. The predicted molar refractivity (Wildman–Crippen MR) is 75.9 cm³/mol. The number of para-hydroxylation sites is 1. The molecule has 4 nitrogen and oxygen atoms in total. The summed E-state index contributed by atoms with van der Waals surface area (Å²) in [7, 11) is 2.53. The van der Waals surface area contributed by atoms with Crippen molar-refractivity contribution in [3.8, 4) is 0 Å². The van der Waals surface area contributed by atoms with E-state index in [4.69, 9.17) is 13.3 Å². The molecule has 0 bridgehead atoms. The fourth-order valence-electron chi connectivity index (χ4n) is 1.86. The van der Waals surface area contributed by atoms with Gasteiger partial charge in [0.2, 0.25) is 0 Å². The number of aryl methyl sites for hydroxylation is 1. The molecule has 0 saturated carbocycles. The molecule has 1 rings (SSSR count). The first-order chi connectivity index (χ1) is 8.67. The van der Waals surface area contributed by atoms with Crippen LogP contribution in [0.5, 0.6) is 0 Å². The first-order valence-electron chi connectivity index (χ1n) is 6.12. The predicted octanol–water partition coefficient (Wildman–Crippen LogP) is 2.68. The van der Waals surface area contributed by atoms with Crippen LogP contribution in [0.4, 0.5) is 5.69 Å². The van der Waals surface area contributed by atoms with E-state index in [0.29, 0.717) is 0 Å². The molecule has 1 aromatic rings. The number of hydrogen-bond donors (Lipinski definition) is 1. The number of nitrogens with one attached hydrogen (secondary N) is 1. The van der Waals surface area contributed by atoms with Crippen LogP contribution in [-0.4, -0.2) is 36.7 Å². The van der Waals surface area contributed by atoms with Gasteiger partial charge in [0.05, 0.1) is 0 Å². The summed E-state index contributed by atoms with van der Waals surface area (Å²) in [5.74, 6) is 0. The molecule has 102 valence electrons. The van der Waals surface area contributed by atoms with Gasteiger partial charge in [-0.1, -0.05) is 18.2 Å². The van der Waals surface area contributed by atoms with Crippen molar-refractivity contribution in [2.24, 2.45) is 0 Å². The monoisotopic (exact) mass is 269 g/mol. The normalized spacial score (nSPS) is 11.6. The van der Waals surface area contributed by atoms with Gasteiger partial charge in [0, 0.05) is 39.6 Å². The minimum atomic E-state index is -2.41. The highest BCUT2D eigenvalue weighted by molar-refractivity contribution is 6.60. The molecule has 0 atom stereocenters. The van der Waals surface area contributed by atoms with Crippen molar-refractivity contribution < 1.29 is 13.3 Å². The van der Waals surface area contributed by atoms with Crippen LogP contribution in [-0.2, 0) is 13.3 Å². The zero-order valence-corrected chi connectivity index (χ0v) is 12.7. The molecule has 0 aliphatic heterocycles. The van der Waals surface area contributed by atoms with Gasteiger partial charge in [-0.25, -0.2) is 0 Å². The van der Waals surface area contributed by atoms with E-state index in [2.05, 4.69) is 24.4 Å². The quantitative estimate of drug-likeness (QED) is 0.582. The summed E-state index contributed by atoms with van der Waals surface area (Å²) in [6.07, 6.45) is 0.954. The number of anilines is 1. The largest absolute Gasteiger partial charge is 0.500 e. The molecule has 0 aromatic heterocycles. The summed E-state index contributed by atoms with van der Waals surface area (Å²) < 4.78 is 16.1. The smallest absolute Gasteiger partial charge is 0.385 e. The van der Waals surface area contributed by atoms with Crippen molar-refractivity contribution in [2.45, 2.75) is 19.4 Å². The Morgan fingerprint density at radius 2 is 1.67 bits per heavy atom. The summed E-state index contributed by atoms with van der Waals surface area (Å²) in [6.45, 7) is 2.98. The van der Waals surface area contributed by atoms with Crippen LogP contribution in [0.2, 0.25) is 6.04 Å². The Labute approximate surface area is 111 Å². The molecule has 0 fully saturated rings. The second kappa shape index (κ2) is 7.53. The molecule has 5 heteroatoms. The van der Waals surface area contributed by atoms with E-state index < -0.39 is 8.80 Å². The summed E-state index contributed by atoms with van der Waals surface area (Å²) in [5, 5.41) is 3.41. The molecule has 0 spiro atoms. The second-order valence-corrected chi connectivity index (χ2v) is 7.23. The zero-order chi connectivity index (χ0) is 13.4. The van der Waals surface area contributed by atoms with Crippen LogP contribution in [0, 0.1) is 6.92 Å². The van der Waals surface area contributed by atoms with Crippen molar-refractivity contribution in [3.05, 3.63) is 29.8 Å². The topological polar surface area (TPSA) is 39.7 Å². The molecular weight excluding hydrogens is 246 g/mol.